The molecule has 2 unspecified atom stereocenters. The third kappa shape index (κ3) is 7.61. The minimum Gasteiger partial charge on any atom is -0.353 e. The van der Waals surface area contributed by atoms with Gasteiger partial charge in [0.05, 0.1) is 0 Å². The van der Waals surface area contributed by atoms with Crippen LogP contribution in [0.15, 0.2) is 0 Å². The number of halogens is 1. The maximum Gasteiger partial charge on any atom is 0.220 e. The molecule has 1 rings (SSSR count). The van der Waals surface area contributed by atoms with Crippen LogP contribution in [-0.4, -0.2) is 18.5 Å². The van der Waals surface area contributed by atoms with Crippen molar-refractivity contribution in [2.45, 2.75) is 64.3 Å². The van der Waals surface area contributed by atoms with E-state index in [1.807, 2.05) is 0 Å². The molecular weight excluding hydrogens is 236 g/mol. The van der Waals surface area contributed by atoms with Crippen molar-refractivity contribution in [3.05, 3.63) is 0 Å². The lowest BCUT2D eigenvalue weighted by Crippen LogP contribution is -2.26. The quantitative estimate of drug-likeness (QED) is 0.628. The number of nitrogens with two attached hydrogens (primary N) is 1. The first-order valence-corrected chi connectivity index (χ1v) is 6.77. The Labute approximate surface area is 111 Å². The molecule has 1 saturated carbocycles. The van der Waals surface area contributed by atoms with Crippen LogP contribution in [-0.2, 0) is 4.79 Å². The lowest BCUT2D eigenvalue weighted by Gasteiger charge is -2.04. The summed E-state index contributed by atoms with van der Waals surface area (Å²) in [4.78, 5) is 11.5. The molecule has 17 heavy (non-hydrogen) atoms. The van der Waals surface area contributed by atoms with E-state index in [4.69, 9.17) is 5.73 Å². The zero-order valence-electron chi connectivity index (χ0n) is 10.9. The highest BCUT2D eigenvalue weighted by molar-refractivity contribution is 5.85. The van der Waals surface area contributed by atoms with E-state index in [1.54, 1.807) is 0 Å². The van der Waals surface area contributed by atoms with Gasteiger partial charge in [-0.1, -0.05) is 26.2 Å². The van der Waals surface area contributed by atoms with Crippen LogP contribution in [0.2, 0.25) is 0 Å². The van der Waals surface area contributed by atoms with Gasteiger partial charge in [0.15, 0.2) is 0 Å². The second-order valence-corrected chi connectivity index (χ2v) is 4.91. The van der Waals surface area contributed by atoms with Crippen molar-refractivity contribution in [2.24, 2.45) is 11.7 Å². The molecule has 1 amide bonds. The molecule has 0 bridgehead atoms. The van der Waals surface area contributed by atoms with Crippen LogP contribution < -0.4 is 11.1 Å². The van der Waals surface area contributed by atoms with Gasteiger partial charge in [0.1, 0.15) is 0 Å². The summed E-state index contributed by atoms with van der Waals surface area (Å²) in [6.07, 6.45) is 8.78. The summed E-state index contributed by atoms with van der Waals surface area (Å²) >= 11 is 0. The average Bonchev–Trinajstić information content (AvgIpc) is 2.97. The van der Waals surface area contributed by atoms with E-state index < -0.39 is 0 Å². The fraction of sp³-hybridized carbons (Fsp3) is 0.923. The van der Waals surface area contributed by atoms with Crippen LogP contribution in [0.3, 0.4) is 0 Å². The first-order chi connectivity index (χ1) is 7.77. The Morgan fingerprint density at radius 1 is 1.29 bits per heavy atom. The zero-order valence-corrected chi connectivity index (χ0v) is 11.7. The standard InChI is InChI=1S/C13H26N2O.ClH/c1-2-7-11-10-12(11)15-13(16)8-5-3-4-6-9-14;/h11-12H,2-10,14H2,1H3,(H,15,16);1H. The van der Waals surface area contributed by atoms with Crippen molar-refractivity contribution in [1.29, 1.82) is 0 Å². The van der Waals surface area contributed by atoms with Crippen LogP contribution in [0.25, 0.3) is 0 Å². The fourth-order valence-corrected chi connectivity index (χ4v) is 2.18. The van der Waals surface area contributed by atoms with E-state index in [0.29, 0.717) is 12.5 Å². The number of carbonyl (C=O) groups is 1. The molecule has 0 saturated heterocycles. The Morgan fingerprint density at radius 2 is 2.00 bits per heavy atom. The zero-order chi connectivity index (χ0) is 11.8. The van der Waals surface area contributed by atoms with Gasteiger partial charge in [0.2, 0.25) is 5.91 Å². The second kappa shape index (κ2) is 9.72. The summed E-state index contributed by atoms with van der Waals surface area (Å²) in [6.45, 7) is 2.97. The Kier molecular flexibility index (Phi) is 9.56. The summed E-state index contributed by atoms with van der Waals surface area (Å²) in [5.41, 5.74) is 5.41. The summed E-state index contributed by atoms with van der Waals surface area (Å²) in [5.74, 6) is 1.02. The summed E-state index contributed by atoms with van der Waals surface area (Å²) in [6, 6.07) is 0.497. The van der Waals surface area contributed by atoms with Crippen LogP contribution >= 0.6 is 12.4 Å². The number of carbonyl (C=O) groups excluding carboxylic acids is 1. The lowest BCUT2D eigenvalue weighted by molar-refractivity contribution is -0.121. The Hall–Kier alpha value is -0.280. The molecule has 0 aliphatic heterocycles. The molecule has 4 heteroatoms. The molecule has 0 spiro atoms. The normalized spacial score (nSPS) is 21.8. The van der Waals surface area contributed by atoms with E-state index in [0.717, 1.165) is 38.1 Å². The van der Waals surface area contributed by atoms with E-state index in [-0.39, 0.29) is 18.3 Å². The highest BCUT2D eigenvalue weighted by atomic mass is 35.5. The van der Waals surface area contributed by atoms with Gasteiger partial charge in [-0.25, -0.2) is 0 Å². The number of unbranched alkanes of at least 4 members (excludes halogenated alkanes) is 3. The predicted molar refractivity (Wildman–Crippen MR) is 74.3 cm³/mol. The highest BCUT2D eigenvalue weighted by Crippen LogP contribution is 2.34. The van der Waals surface area contributed by atoms with Crippen molar-refractivity contribution in [3.8, 4) is 0 Å². The maximum atomic E-state index is 11.5. The molecule has 3 N–H and O–H groups in total. The van der Waals surface area contributed by atoms with Crippen LogP contribution in [0.1, 0.15) is 58.3 Å². The van der Waals surface area contributed by atoms with Gasteiger partial charge in [-0.15, -0.1) is 12.4 Å². The third-order valence-electron chi connectivity index (χ3n) is 3.29. The minimum absolute atomic E-state index is 0. The van der Waals surface area contributed by atoms with Gasteiger partial charge in [-0.05, 0) is 38.1 Å². The largest absolute Gasteiger partial charge is 0.353 e. The molecule has 0 aromatic heterocycles. The molecule has 3 nitrogen and oxygen atoms in total. The molecule has 102 valence electrons. The van der Waals surface area contributed by atoms with Crippen LogP contribution in [0.5, 0.6) is 0 Å². The number of nitrogens with one attached hydrogen (secondary N) is 1. The van der Waals surface area contributed by atoms with E-state index in [2.05, 4.69) is 12.2 Å². The number of rotatable bonds is 9. The first kappa shape index (κ1) is 16.7. The molecule has 0 aromatic rings. The molecule has 2 atom stereocenters. The first-order valence-electron chi connectivity index (χ1n) is 6.77. The highest BCUT2D eigenvalue weighted by Gasteiger charge is 2.36. The van der Waals surface area contributed by atoms with E-state index >= 15 is 0 Å². The molecule has 1 aliphatic carbocycles. The molecule has 1 fully saturated rings. The Bertz CT molecular complexity index is 212. The second-order valence-electron chi connectivity index (χ2n) is 4.91. The monoisotopic (exact) mass is 262 g/mol. The third-order valence-corrected chi connectivity index (χ3v) is 3.29. The lowest BCUT2D eigenvalue weighted by atomic mass is 10.1. The average molecular weight is 263 g/mol. The number of hydrogen-bond acceptors (Lipinski definition) is 2. The number of amides is 1. The van der Waals surface area contributed by atoms with Crippen molar-refractivity contribution < 1.29 is 4.79 Å². The predicted octanol–water partition coefficient (Wildman–Crippen LogP) is 2.62. The topological polar surface area (TPSA) is 55.1 Å². The van der Waals surface area contributed by atoms with E-state index in [1.165, 1.54) is 19.3 Å². The van der Waals surface area contributed by atoms with Crippen molar-refractivity contribution in [3.63, 3.8) is 0 Å². The smallest absolute Gasteiger partial charge is 0.220 e. The summed E-state index contributed by atoms with van der Waals surface area (Å²) in [7, 11) is 0. The molecule has 0 aromatic carbocycles. The van der Waals surface area contributed by atoms with Crippen LogP contribution in [0, 0.1) is 5.92 Å². The van der Waals surface area contributed by atoms with Gasteiger partial charge < -0.3 is 11.1 Å². The fourth-order valence-electron chi connectivity index (χ4n) is 2.18. The van der Waals surface area contributed by atoms with Gasteiger partial charge >= 0.3 is 0 Å². The summed E-state index contributed by atoms with van der Waals surface area (Å²) in [5, 5.41) is 3.12. The van der Waals surface area contributed by atoms with Crippen molar-refractivity contribution in [1.82, 2.24) is 5.32 Å². The van der Waals surface area contributed by atoms with Gasteiger partial charge in [-0.2, -0.15) is 0 Å². The Balaban J connectivity index is 0.00000256. The molecule has 0 radical (unpaired) electrons. The van der Waals surface area contributed by atoms with Crippen LogP contribution in [0.4, 0.5) is 0 Å². The van der Waals surface area contributed by atoms with Crippen molar-refractivity contribution >= 4 is 18.3 Å². The van der Waals surface area contributed by atoms with Crippen molar-refractivity contribution in [2.75, 3.05) is 6.54 Å². The SMILES string of the molecule is CCCC1CC1NC(=O)CCCCCCN.Cl. The van der Waals surface area contributed by atoms with Gasteiger partial charge in [0.25, 0.3) is 0 Å². The minimum atomic E-state index is 0. The molecular formula is C13H27ClN2O. The summed E-state index contributed by atoms with van der Waals surface area (Å²) < 4.78 is 0. The molecule has 1 aliphatic rings. The van der Waals surface area contributed by atoms with Gasteiger partial charge in [0, 0.05) is 12.5 Å². The Morgan fingerprint density at radius 3 is 2.65 bits per heavy atom. The maximum absolute atomic E-state index is 11.5. The number of hydrogen-bond donors (Lipinski definition) is 2. The van der Waals surface area contributed by atoms with Gasteiger partial charge in [-0.3, -0.25) is 4.79 Å². The van der Waals surface area contributed by atoms with E-state index in [9.17, 15) is 4.79 Å². The molecule has 0 heterocycles.